The van der Waals surface area contributed by atoms with E-state index in [4.69, 9.17) is 0 Å². The van der Waals surface area contributed by atoms with Gasteiger partial charge in [0.05, 0.1) is 10.9 Å². The zero-order valence-electron chi connectivity index (χ0n) is 16.6. The average Bonchev–Trinajstić information content (AvgIpc) is 2.88. The number of fused-ring (bicyclic) bond motifs is 1. The third-order valence-electron chi connectivity index (χ3n) is 4.72. The van der Waals surface area contributed by atoms with Gasteiger partial charge in [0.25, 0.3) is 11.5 Å². The minimum Gasteiger partial charge on any atom is -0.324 e. The van der Waals surface area contributed by atoms with Gasteiger partial charge in [-0.05, 0) is 39.3 Å². The summed E-state index contributed by atoms with van der Waals surface area (Å²) >= 11 is 0. The van der Waals surface area contributed by atoms with Crippen molar-refractivity contribution in [2.45, 2.75) is 45.7 Å². The van der Waals surface area contributed by atoms with Crippen LogP contribution < -0.4 is 21.7 Å². The topological polar surface area (TPSA) is 125 Å². The summed E-state index contributed by atoms with van der Waals surface area (Å²) in [5.74, 6) is -0.421. The third kappa shape index (κ3) is 4.05. The fourth-order valence-electron chi connectivity index (χ4n) is 3.16. The number of aromatic nitrogens is 2. The van der Waals surface area contributed by atoms with Crippen LogP contribution in [0.5, 0.6) is 0 Å². The van der Waals surface area contributed by atoms with Gasteiger partial charge in [-0.15, -0.1) is 0 Å². The molecule has 1 fully saturated rings. The second kappa shape index (κ2) is 7.90. The molecule has 0 atom stereocenters. The highest BCUT2D eigenvalue weighted by molar-refractivity contribution is 6.06. The smallest absolute Gasteiger partial charge is 0.324 e. The molecule has 10 heteroatoms. The van der Waals surface area contributed by atoms with Crippen molar-refractivity contribution in [3.8, 4) is 0 Å². The molecule has 0 saturated carbocycles. The van der Waals surface area contributed by atoms with E-state index in [1.54, 1.807) is 38.1 Å². The number of imide groups is 1. The van der Waals surface area contributed by atoms with Crippen LogP contribution in [0.3, 0.4) is 0 Å². The SMILES string of the molecule is CCn1c(NNC(=O)CCCN2C(=O)NC(C)(C)C2=O)nc2ccccc2c1=O. The fourth-order valence-corrected chi connectivity index (χ4v) is 3.16. The summed E-state index contributed by atoms with van der Waals surface area (Å²) in [4.78, 5) is 54.1. The molecule has 3 N–H and O–H groups in total. The summed E-state index contributed by atoms with van der Waals surface area (Å²) in [6.45, 7) is 5.61. The summed E-state index contributed by atoms with van der Waals surface area (Å²) in [5, 5.41) is 3.10. The largest absolute Gasteiger partial charge is 0.325 e. The number of anilines is 1. The van der Waals surface area contributed by atoms with Gasteiger partial charge in [-0.3, -0.25) is 34.7 Å². The van der Waals surface area contributed by atoms with Crippen molar-refractivity contribution in [1.82, 2.24) is 25.2 Å². The van der Waals surface area contributed by atoms with Crippen LogP contribution in [0.2, 0.25) is 0 Å². The normalized spacial score (nSPS) is 15.5. The van der Waals surface area contributed by atoms with Gasteiger partial charge in [-0.1, -0.05) is 12.1 Å². The van der Waals surface area contributed by atoms with Crippen molar-refractivity contribution < 1.29 is 14.4 Å². The van der Waals surface area contributed by atoms with Gasteiger partial charge in [0.2, 0.25) is 11.9 Å². The Morgan fingerprint density at radius 1 is 1.21 bits per heavy atom. The lowest BCUT2D eigenvalue weighted by Gasteiger charge is -2.16. The second-order valence-corrected chi connectivity index (χ2v) is 7.29. The zero-order valence-corrected chi connectivity index (χ0v) is 16.6. The highest BCUT2D eigenvalue weighted by Crippen LogP contribution is 2.17. The zero-order chi connectivity index (χ0) is 21.2. The molecule has 1 saturated heterocycles. The number of urea groups is 1. The molecule has 29 heavy (non-hydrogen) atoms. The van der Waals surface area contributed by atoms with Crippen molar-refractivity contribution >= 4 is 34.7 Å². The standard InChI is InChI=1S/C19H24N6O4/c1-4-24-15(27)12-8-5-6-9-13(12)20-17(24)23-22-14(26)10-7-11-25-16(28)19(2,3)21-18(25)29/h5-6,8-9H,4,7,10-11H2,1-3H3,(H,20,23)(H,21,29)(H,22,26). The second-order valence-electron chi connectivity index (χ2n) is 7.29. The first-order chi connectivity index (χ1) is 13.7. The molecule has 0 spiro atoms. The van der Waals surface area contributed by atoms with Gasteiger partial charge in [0.1, 0.15) is 5.54 Å². The Labute approximate surface area is 167 Å². The molecule has 1 aromatic heterocycles. The van der Waals surface area contributed by atoms with Crippen molar-refractivity contribution in [3.05, 3.63) is 34.6 Å². The molecular weight excluding hydrogens is 376 g/mol. The number of carbonyl (C=O) groups is 3. The maximum absolute atomic E-state index is 12.6. The van der Waals surface area contributed by atoms with E-state index >= 15 is 0 Å². The highest BCUT2D eigenvalue weighted by atomic mass is 16.2. The van der Waals surface area contributed by atoms with Gasteiger partial charge in [0.15, 0.2) is 0 Å². The van der Waals surface area contributed by atoms with Crippen LogP contribution in [0.4, 0.5) is 10.7 Å². The van der Waals surface area contributed by atoms with Gasteiger partial charge < -0.3 is 5.32 Å². The average molecular weight is 400 g/mol. The van der Waals surface area contributed by atoms with E-state index in [9.17, 15) is 19.2 Å². The van der Waals surface area contributed by atoms with Crippen molar-refractivity contribution in [2.24, 2.45) is 0 Å². The minimum atomic E-state index is -0.924. The van der Waals surface area contributed by atoms with Crippen molar-refractivity contribution in [3.63, 3.8) is 0 Å². The lowest BCUT2D eigenvalue weighted by Crippen LogP contribution is -2.40. The molecule has 4 amide bonds. The van der Waals surface area contributed by atoms with Crippen LogP contribution in [0.25, 0.3) is 10.9 Å². The number of para-hydroxylation sites is 1. The summed E-state index contributed by atoms with van der Waals surface area (Å²) in [6, 6.07) is 6.53. The number of amides is 4. The van der Waals surface area contributed by atoms with Gasteiger partial charge in [-0.25, -0.2) is 9.78 Å². The summed E-state index contributed by atoms with van der Waals surface area (Å²) < 4.78 is 1.43. The molecule has 0 unspecified atom stereocenters. The Hall–Kier alpha value is -3.43. The number of hydrazine groups is 1. The predicted octanol–water partition coefficient (Wildman–Crippen LogP) is 0.970. The molecule has 3 rings (SSSR count). The third-order valence-corrected chi connectivity index (χ3v) is 4.72. The first kappa shape index (κ1) is 20.3. The monoisotopic (exact) mass is 400 g/mol. The highest BCUT2D eigenvalue weighted by Gasteiger charge is 2.43. The number of nitrogens with one attached hydrogen (secondary N) is 3. The molecule has 154 valence electrons. The Kier molecular flexibility index (Phi) is 5.53. The predicted molar refractivity (Wildman–Crippen MR) is 107 cm³/mol. The Balaban J connectivity index is 1.58. The van der Waals surface area contributed by atoms with E-state index in [-0.39, 0.29) is 36.3 Å². The van der Waals surface area contributed by atoms with Gasteiger partial charge >= 0.3 is 6.03 Å². The number of carbonyl (C=O) groups excluding carboxylic acids is 3. The minimum absolute atomic E-state index is 0.0917. The van der Waals surface area contributed by atoms with E-state index in [0.717, 1.165) is 4.90 Å². The summed E-state index contributed by atoms with van der Waals surface area (Å²) in [7, 11) is 0. The van der Waals surface area contributed by atoms with Crippen LogP contribution in [-0.4, -0.2) is 44.4 Å². The first-order valence-electron chi connectivity index (χ1n) is 9.43. The van der Waals surface area contributed by atoms with Crippen LogP contribution in [0, 0.1) is 0 Å². The molecule has 2 heterocycles. The van der Waals surface area contributed by atoms with Gasteiger partial charge in [-0.2, -0.15) is 0 Å². The van der Waals surface area contributed by atoms with Crippen LogP contribution in [0.1, 0.15) is 33.6 Å². The number of rotatable bonds is 7. The van der Waals surface area contributed by atoms with Crippen LogP contribution in [-0.2, 0) is 16.1 Å². The first-order valence-corrected chi connectivity index (χ1v) is 9.43. The summed E-state index contributed by atoms with van der Waals surface area (Å²) in [6.07, 6.45) is 0.406. The quantitative estimate of drug-likeness (QED) is 0.470. The number of nitrogens with zero attached hydrogens (tertiary/aromatic N) is 3. The molecule has 1 aliphatic heterocycles. The molecule has 2 aromatic rings. The molecule has 1 aliphatic rings. The molecule has 10 nitrogen and oxygen atoms in total. The lowest BCUT2D eigenvalue weighted by atomic mass is 10.1. The maximum Gasteiger partial charge on any atom is 0.325 e. The molecule has 0 aliphatic carbocycles. The number of hydrogen-bond acceptors (Lipinski definition) is 6. The fraction of sp³-hybridized carbons (Fsp3) is 0.421. The van der Waals surface area contributed by atoms with Crippen molar-refractivity contribution in [1.29, 1.82) is 0 Å². The van der Waals surface area contributed by atoms with E-state index in [1.165, 1.54) is 4.57 Å². The van der Waals surface area contributed by atoms with E-state index < -0.39 is 11.6 Å². The maximum atomic E-state index is 12.6. The van der Waals surface area contributed by atoms with E-state index in [2.05, 4.69) is 21.2 Å². The Morgan fingerprint density at radius 2 is 1.93 bits per heavy atom. The Bertz CT molecular complexity index is 1030. The van der Waals surface area contributed by atoms with Gasteiger partial charge in [0, 0.05) is 19.5 Å². The number of hydrogen-bond donors (Lipinski definition) is 3. The molecular formula is C19H24N6O4. The number of benzene rings is 1. The van der Waals surface area contributed by atoms with Crippen LogP contribution >= 0.6 is 0 Å². The van der Waals surface area contributed by atoms with E-state index in [1.807, 2.05) is 6.92 Å². The molecule has 0 bridgehead atoms. The molecule has 0 radical (unpaired) electrons. The van der Waals surface area contributed by atoms with E-state index in [0.29, 0.717) is 23.9 Å². The summed E-state index contributed by atoms with van der Waals surface area (Å²) in [5.41, 5.74) is 4.62. The van der Waals surface area contributed by atoms with Crippen molar-refractivity contribution in [2.75, 3.05) is 12.0 Å². The Morgan fingerprint density at radius 3 is 2.59 bits per heavy atom. The lowest BCUT2D eigenvalue weighted by molar-refractivity contribution is -0.130. The molecule has 1 aromatic carbocycles. The van der Waals surface area contributed by atoms with Crippen LogP contribution in [0.15, 0.2) is 29.1 Å².